The van der Waals surface area contributed by atoms with Crippen LogP contribution in [0.15, 0.2) is 12.1 Å². The SMILES string of the molecule is CC1Cc2nc3cc(F)c(F)cc3c(C(=O)O)c2C(C)C1. The molecule has 0 fully saturated rings. The zero-order valence-electron chi connectivity index (χ0n) is 11.8. The molecule has 5 heteroatoms. The fraction of sp³-hybridized carbons (Fsp3) is 0.375. The first kappa shape index (κ1) is 13.9. The molecule has 1 aromatic heterocycles. The quantitative estimate of drug-likeness (QED) is 0.867. The summed E-state index contributed by atoms with van der Waals surface area (Å²) < 4.78 is 26.9. The average molecular weight is 291 g/mol. The van der Waals surface area contributed by atoms with Crippen LogP contribution in [-0.4, -0.2) is 16.1 Å². The number of nitrogens with zero attached hydrogens (tertiary/aromatic N) is 1. The molecule has 1 aromatic carbocycles. The number of carboxylic acids is 1. The topological polar surface area (TPSA) is 50.2 Å². The number of aromatic nitrogens is 1. The lowest BCUT2D eigenvalue weighted by molar-refractivity contribution is 0.0696. The van der Waals surface area contributed by atoms with E-state index in [0.717, 1.165) is 18.6 Å². The summed E-state index contributed by atoms with van der Waals surface area (Å²) in [6.45, 7) is 4.03. The third kappa shape index (κ3) is 2.17. The smallest absolute Gasteiger partial charge is 0.336 e. The summed E-state index contributed by atoms with van der Waals surface area (Å²) in [5, 5.41) is 9.71. The molecule has 0 bridgehead atoms. The number of hydrogen-bond acceptors (Lipinski definition) is 2. The van der Waals surface area contributed by atoms with Crippen molar-refractivity contribution < 1.29 is 18.7 Å². The Balaban J connectivity index is 2.42. The fourth-order valence-corrected chi connectivity index (χ4v) is 3.38. The van der Waals surface area contributed by atoms with Gasteiger partial charge in [-0.15, -0.1) is 0 Å². The molecule has 1 N–H and O–H groups in total. The van der Waals surface area contributed by atoms with Crippen molar-refractivity contribution in [2.75, 3.05) is 0 Å². The number of halogens is 2. The maximum absolute atomic E-state index is 13.5. The first-order valence-corrected chi connectivity index (χ1v) is 6.93. The minimum absolute atomic E-state index is 0.0415. The molecule has 3 rings (SSSR count). The summed E-state index contributed by atoms with van der Waals surface area (Å²) in [5.74, 6) is -2.75. The van der Waals surface area contributed by atoms with E-state index in [1.807, 2.05) is 6.92 Å². The molecule has 21 heavy (non-hydrogen) atoms. The number of hydrogen-bond donors (Lipinski definition) is 1. The Bertz CT molecular complexity index is 758. The van der Waals surface area contributed by atoms with Gasteiger partial charge in [-0.2, -0.15) is 0 Å². The van der Waals surface area contributed by atoms with E-state index in [2.05, 4.69) is 11.9 Å². The number of benzene rings is 1. The van der Waals surface area contributed by atoms with Crippen LogP contribution in [0.5, 0.6) is 0 Å². The monoisotopic (exact) mass is 291 g/mol. The Morgan fingerprint density at radius 2 is 1.95 bits per heavy atom. The summed E-state index contributed by atoms with van der Waals surface area (Å²) in [7, 11) is 0. The number of pyridine rings is 1. The van der Waals surface area contributed by atoms with E-state index in [1.165, 1.54) is 0 Å². The van der Waals surface area contributed by atoms with Crippen LogP contribution < -0.4 is 0 Å². The zero-order chi connectivity index (χ0) is 15.3. The molecule has 110 valence electrons. The molecule has 3 nitrogen and oxygen atoms in total. The third-order valence-electron chi connectivity index (χ3n) is 4.15. The molecule has 0 aliphatic heterocycles. The summed E-state index contributed by atoms with van der Waals surface area (Å²) in [4.78, 5) is 16.1. The Morgan fingerprint density at radius 3 is 2.62 bits per heavy atom. The van der Waals surface area contributed by atoms with Crippen molar-refractivity contribution in [1.82, 2.24) is 4.98 Å². The van der Waals surface area contributed by atoms with Gasteiger partial charge in [-0.1, -0.05) is 13.8 Å². The Morgan fingerprint density at radius 1 is 1.29 bits per heavy atom. The van der Waals surface area contributed by atoms with Crippen LogP contribution in [0.3, 0.4) is 0 Å². The van der Waals surface area contributed by atoms with Crippen molar-refractivity contribution in [1.29, 1.82) is 0 Å². The van der Waals surface area contributed by atoms with Crippen LogP contribution in [0.2, 0.25) is 0 Å². The molecule has 2 aromatic rings. The van der Waals surface area contributed by atoms with Crippen LogP contribution in [0.4, 0.5) is 8.78 Å². The molecule has 1 aliphatic rings. The van der Waals surface area contributed by atoms with Crippen LogP contribution in [0.25, 0.3) is 10.9 Å². The second-order valence-corrected chi connectivity index (χ2v) is 5.88. The summed E-state index contributed by atoms with van der Waals surface area (Å²) in [6, 6.07) is 1.91. The highest BCUT2D eigenvalue weighted by atomic mass is 19.2. The van der Waals surface area contributed by atoms with Gasteiger partial charge >= 0.3 is 5.97 Å². The van der Waals surface area contributed by atoms with Crippen molar-refractivity contribution >= 4 is 16.9 Å². The lowest BCUT2D eigenvalue weighted by atomic mass is 9.78. The lowest BCUT2D eigenvalue weighted by Crippen LogP contribution is -2.20. The van der Waals surface area contributed by atoms with Gasteiger partial charge in [0.2, 0.25) is 0 Å². The van der Waals surface area contributed by atoms with E-state index in [0.29, 0.717) is 23.6 Å². The van der Waals surface area contributed by atoms with E-state index < -0.39 is 17.6 Å². The van der Waals surface area contributed by atoms with E-state index >= 15 is 0 Å². The van der Waals surface area contributed by atoms with Gasteiger partial charge in [0.05, 0.1) is 11.1 Å². The van der Waals surface area contributed by atoms with Crippen molar-refractivity contribution in [3.8, 4) is 0 Å². The Kier molecular flexibility index (Phi) is 3.15. The van der Waals surface area contributed by atoms with Gasteiger partial charge < -0.3 is 5.11 Å². The predicted molar refractivity (Wildman–Crippen MR) is 74.5 cm³/mol. The first-order valence-electron chi connectivity index (χ1n) is 6.93. The maximum Gasteiger partial charge on any atom is 0.336 e. The number of aromatic carboxylic acids is 1. The summed E-state index contributed by atoms with van der Waals surface area (Å²) in [6.07, 6.45) is 1.53. The van der Waals surface area contributed by atoms with Gasteiger partial charge in [-0.05, 0) is 36.3 Å². The molecule has 0 amide bonds. The van der Waals surface area contributed by atoms with Gasteiger partial charge in [-0.3, -0.25) is 4.98 Å². The first-order chi connectivity index (χ1) is 9.88. The fourth-order valence-electron chi connectivity index (χ4n) is 3.38. The Labute approximate surface area is 120 Å². The molecule has 0 saturated heterocycles. The minimum atomic E-state index is -1.12. The summed E-state index contributed by atoms with van der Waals surface area (Å²) >= 11 is 0. The van der Waals surface area contributed by atoms with E-state index in [1.54, 1.807) is 0 Å². The maximum atomic E-state index is 13.5. The third-order valence-corrected chi connectivity index (χ3v) is 4.15. The van der Waals surface area contributed by atoms with E-state index in [9.17, 15) is 18.7 Å². The second kappa shape index (κ2) is 4.76. The Hall–Kier alpha value is -2.04. The highest BCUT2D eigenvalue weighted by Crippen LogP contribution is 2.38. The van der Waals surface area contributed by atoms with Crippen molar-refractivity contribution in [3.63, 3.8) is 0 Å². The minimum Gasteiger partial charge on any atom is -0.478 e. The number of carboxylic acid groups (broad SMARTS) is 1. The highest BCUT2D eigenvalue weighted by Gasteiger charge is 2.30. The molecule has 0 saturated carbocycles. The molecule has 2 atom stereocenters. The van der Waals surface area contributed by atoms with Gasteiger partial charge in [0.25, 0.3) is 0 Å². The van der Waals surface area contributed by atoms with E-state index in [4.69, 9.17) is 0 Å². The largest absolute Gasteiger partial charge is 0.478 e. The van der Waals surface area contributed by atoms with Crippen LogP contribution in [-0.2, 0) is 6.42 Å². The molecule has 2 unspecified atom stereocenters. The highest BCUT2D eigenvalue weighted by molar-refractivity contribution is 6.04. The van der Waals surface area contributed by atoms with Crippen molar-refractivity contribution in [2.24, 2.45) is 5.92 Å². The van der Waals surface area contributed by atoms with Gasteiger partial charge in [-0.25, -0.2) is 13.6 Å². The number of carbonyl (C=O) groups is 1. The van der Waals surface area contributed by atoms with Gasteiger partial charge in [0, 0.05) is 17.1 Å². The molecular formula is C16H15F2NO2. The van der Waals surface area contributed by atoms with E-state index in [-0.39, 0.29) is 22.4 Å². The molecule has 1 heterocycles. The van der Waals surface area contributed by atoms with Crippen LogP contribution in [0.1, 0.15) is 47.8 Å². The van der Waals surface area contributed by atoms with Crippen molar-refractivity contribution in [2.45, 2.75) is 32.6 Å². The zero-order valence-corrected chi connectivity index (χ0v) is 11.8. The molecule has 0 radical (unpaired) electrons. The van der Waals surface area contributed by atoms with Gasteiger partial charge in [0.15, 0.2) is 11.6 Å². The average Bonchev–Trinajstić information content (AvgIpc) is 2.37. The van der Waals surface area contributed by atoms with Crippen LogP contribution >= 0.6 is 0 Å². The standard InChI is InChI=1S/C16H15F2NO2/c1-7-3-8(2)14-13(4-7)19-12-6-11(18)10(17)5-9(12)15(14)16(20)21/h5-8H,3-4H2,1-2H3,(H,20,21). The predicted octanol–water partition coefficient (Wildman–Crippen LogP) is 3.90. The number of fused-ring (bicyclic) bond motifs is 2. The summed E-state index contributed by atoms with van der Waals surface area (Å²) in [5.41, 5.74) is 1.62. The van der Waals surface area contributed by atoms with Gasteiger partial charge in [0.1, 0.15) is 0 Å². The lowest BCUT2D eigenvalue weighted by Gasteiger charge is -2.28. The number of rotatable bonds is 1. The molecule has 1 aliphatic carbocycles. The molecular weight excluding hydrogens is 276 g/mol. The van der Waals surface area contributed by atoms with Crippen molar-refractivity contribution in [3.05, 3.63) is 40.6 Å². The normalized spacial score (nSPS) is 21.3. The molecule has 0 spiro atoms. The second-order valence-electron chi connectivity index (χ2n) is 5.88. The van der Waals surface area contributed by atoms with Crippen LogP contribution in [0, 0.1) is 17.6 Å².